The third kappa shape index (κ3) is 3.81. The van der Waals surface area contributed by atoms with Crippen molar-refractivity contribution in [3.63, 3.8) is 0 Å². The number of methoxy groups -OCH3 is 1. The number of aromatic nitrogens is 1. The molecule has 1 amide bonds. The Hall–Kier alpha value is -3.75. The van der Waals surface area contributed by atoms with Crippen molar-refractivity contribution in [1.29, 1.82) is 0 Å². The molecule has 9 heteroatoms. The molecule has 3 aromatic rings. The molecule has 4 rings (SSSR count). The summed E-state index contributed by atoms with van der Waals surface area (Å²) in [6.07, 6.45) is 2.90. The first kappa shape index (κ1) is 21.5. The van der Waals surface area contributed by atoms with E-state index < -0.39 is 28.9 Å². The second-order valence-electron chi connectivity index (χ2n) is 7.36. The van der Waals surface area contributed by atoms with Crippen molar-refractivity contribution < 1.29 is 27.8 Å². The van der Waals surface area contributed by atoms with Crippen LogP contribution in [-0.2, 0) is 4.74 Å². The normalized spacial score (nSPS) is 13.1. The van der Waals surface area contributed by atoms with Gasteiger partial charge in [0.2, 0.25) is 11.2 Å². The molecule has 1 saturated carbocycles. The van der Waals surface area contributed by atoms with Gasteiger partial charge in [-0.25, -0.2) is 9.18 Å². The van der Waals surface area contributed by atoms with Gasteiger partial charge < -0.3 is 19.4 Å². The minimum Gasteiger partial charge on any atom is -0.491 e. The van der Waals surface area contributed by atoms with Gasteiger partial charge in [-0.2, -0.15) is 4.39 Å². The molecule has 1 aliphatic rings. The van der Waals surface area contributed by atoms with Crippen LogP contribution in [0, 0.1) is 11.6 Å². The predicted molar refractivity (Wildman–Crippen MR) is 113 cm³/mol. The average Bonchev–Trinajstić information content (AvgIpc) is 3.61. The highest BCUT2D eigenvalue weighted by atomic mass is 19.2. The Morgan fingerprint density at radius 2 is 1.88 bits per heavy atom. The van der Waals surface area contributed by atoms with Crippen LogP contribution in [0.4, 0.5) is 14.5 Å². The zero-order chi connectivity index (χ0) is 23.0. The van der Waals surface area contributed by atoms with Crippen molar-refractivity contribution >= 4 is 28.5 Å². The Balaban J connectivity index is 1.74. The van der Waals surface area contributed by atoms with Gasteiger partial charge >= 0.3 is 5.97 Å². The monoisotopic (exact) mass is 442 g/mol. The van der Waals surface area contributed by atoms with Crippen molar-refractivity contribution in [1.82, 2.24) is 4.57 Å². The molecule has 7 nitrogen and oxygen atoms in total. The second kappa shape index (κ2) is 8.41. The molecule has 0 spiro atoms. The summed E-state index contributed by atoms with van der Waals surface area (Å²) >= 11 is 0. The van der Waals surface area contributed by atoms with Crippen LogP contribution in [0.3, 0.4) is 0 Å². The number of anilines is 1. The fraction of sp³-hybridized carbons (Fsp3) is 0.261. The van der Waals surface area contributed by atoms with Gasteiger partial charge in [-0.15, -0.1) is 0 Å². The number of pyridine rings is 1. The maximum Gasteiger partial charge on any atom is 0.338 e. The molecule has 1 aromatic heterocycles. The topological polar surface area (TPSA) is 86.6 Å². The average molecular weight is 442 g/mol. The minimum atomic E-state index is -1.24. The summed E-state index contributed by atoms with van der Waals surface area (Å²) in [5.74, 6) is -3.99. The summed E-state index contributed by atoms with van der Waals surface area (Å²) in [4.78, 5) is 37.7. The number of esters is 1. The van der Waals surface area contributed by atoms with E-state index >= 15 is 0 Å². The van der Waals surface area contributed by atoms with Crippen molar-refractivity contribution in [3.8, 4) is 5.75 Å². The number of carbonyl (C=O) groups excluding carboxylic acids is 2. The quantitative estimate of drug-likeness (QED) is 0.582. The molecular weight excluding hydrogens is 422 g/mol. The molecule has 1 heterocycles. The van der Waals surface area contributed by atoms with E-state index in [0.717, 1.165) is 18.9 Å². The summed E-state index contributed by atoms with van der Waals surface area (Å²) in [5.41, 5.74) is -0.171. The first-order chi connectivity index (χ1) is 15.3. The van der Waals surface area contributed by atoms with E-state index in [-0.39, 0.29) is 34.9 Å². The SMILES string of the molecule is CCOC(=O)c1ccc(NC(=O)c2cn(C3CC3)c3c(OC)c(F)c(F)cc3c2=O)cc1. The fourth-order valence-electron chi connectivity index (χ4n) is 3.52. The van der Waals surface area contributed by atoms with Gasteiger partial charge in [-0.1, -0.05) is 0 Å². The first-order valence-electron chi connectivity index (χ1n) is 10.0. The Labute approximate surface area is 181 Å². The molecule has 1 fully saturated rings. The summed E-state index contributed by atoms with van der Waals surface area (Å²) in [5, 5.41) is 2.46. The summed E-state index contributed by atoms with van der Waals surface area (Å²) in [7, 11) is 1.19. The number of benzene rings is 2. The number of halogens is 2. The zero-order valence-corrected chi connectivity index (χ0v) is 17.4. The van der Waals surface area contributed by atoms with E-state index in [0.29, 0.717) is 11.3 Å². The highest BCUT2D eigenvalue weighted by Gasteiger charge is 2.30. The Kier molecular flexibility index (Phi) is 5.65. The van der Waals surface area contributed by atoms with Crippen LogP contribution in [0.15, 0.2) is 41.3 Å². The van der Waals surface area contributed by atoms with Gasteiger partial charge in [-0.05, 0) is 50.1 Å². The molecule has 32 heavy (non-hydrogen) atoms. The largest absolute Gasteiger partial charge is 0.491 e. The number of hydrogen-bond donors (Lipinski definition) is 1. The lowest BCUT2D eigenvalue weighted by Gasteiger charge is -2.16. The smallest absolute Gasteiger partial charge is 0.338 e. The number of rotatable bonds is 6. The number of nitrogens with zero attached hydrogens (tertiary/aromatic N) is 1. The maximum absolute atomic E-state index is 14.3. The van der Waals surface area contributed by atoms with Crippen LogP contribution in [0.5, 0.6) is 5.75 Å². The van der Waals surface area contributed by atoms with E-state index in [1.54, 1.807) is 11.5 Å². The molecule has 166 valence electrons. The van der Waals surface area contributed by atoms with Gasteiger partial charge in [0.15, 0.2) is 11.6 Å². The molecule has 2 aromatic carbocycles. The summed E-state index contributed by atoms with van der Waals surface area (Å²) in [6, 6.07) is 6.72. The number of ether oxygens (including phenoxy) is 2. The van der Waals surface area contributed by atoms with E-state index in [1.165, 1.54) is 37.6 Å². The third-order valence-electron chi connectivity index (χ3n) is 5.21. The summed E-state index contributed by atoms with van der Waals surface area (Å²) in [6.45, 7) is 1.93. The van der Waals surface area contributed by atoms with Crippen molar-refractivity contribution in [2.45, 2.75) is 25.8 Å². The zero-order valence-electron chi connectivity index (χ0n) is 17.4. The first-order valence-corrected chi connectivity index (χ1v) is 10.0. The number of amides is 1. The van der Waals surface area contributed by atoms with E-state index in [1.807, 2.05) is 0 Å². The van der Waals surface area contributed by atoms with Crippen LogP contribution in [-0.4, -0.2) is 30.2 Å². The van der Waals surface area contributed by atoms with Gasteiger partial charge in [-0.3, -0.25) is 9.59 Å². The molecule has 1 aliphatic carbocycles. The Bertz CT molecular complexity index is 1280. The van der Waals surface area contributed by atoms with Crippen LogP contribution >= 0.6 is 0 Å². The lowest BCUT2D eigenvalue weighted by atomic mass is 10.1. The number of fused-ring (bicyclic) bond motifs is 1. The third-order valence-corrected chi connectivity index (χ3v) is 5.21. The molecule has 1 N–H and O–H groups in total. The van der Waals surface area contributed by atoms with Gasteiger partial charge in [0.1, 0.15) is 5.56 Å². The van der Waals surface area contributed by atoms with E-state index in [9.17, 15) is 23.2 Å². The van der Waals surface area contributed by atoms with Crippen LogP contribution < -0.4 is 15.5 Å². The van der Waals surface area contributed by atoms with Crippen LogP contribution in [0.1, 0.15) is 46.5 Å². The van der Waals surface area contributed by atoms with Gasteiger partial charge in [0.25, 0.3) is 5.91 Å². The fourth-order valence-corrected chi connectivity index (χ4v) is 3.52. The molecular formula is C23H20F2N2O5. The molecule has 0 unspecified atom stereocenters. The van der Waals surface area contributed by atoms with E-state index in [4.69, 9.17) is 9.47 Å². The second-order valence-corrected chi connectivity index (χ2v) is 7.36. The van der Waals surface area contributed by atoms with Crippen molar-refractivity contribution in [2.24, 2.45) is 0 Å². The van der Waals surface area contributed by atoms with E-state index in [2.05, 4.69) is 5.32 Å². The lowest BCUT2D eigenvalue weighted by molar-refractivity contribution is 0.0526. The molecule has 0 atom stereocenters. The molecule has 0 radical (unpaired) electrons. The van der Waals surface area contributed by atoms with Crippen molar-refractivity contribution in [2.75, 3.05) is 19.0 Å². The van der Waals surface area contributed by atoms with Gasteiger partial charge in [0, 0.05) is 17.9 Å². The predicted octanol–water partition coefficient (Wildman–Crippen LogP) is 4.05. The number of nitrogens with one attached hydrogen (secondary N) is 1. The highest BCUT2D eigenvalue weighted by molar-refractivity contribution is 6.06. The standard InChI is InChI=1S/C23H20F2N2O5/c1-3-32-23(30)12-4-6-13(7-5-12)26-22(29)16-11-27(14-8-9-14)19-15(20(16)28)10-17(24)18(25)21(19)31-2/h4-7,10-11,14H,3,8-9H2,1-2H3,(H,26,29). The number of hydrogen-bond acceptors (Lipinski definition) is 5. The van der Waals surface area contributed by atoms with Crippen LogP contribution in [0.25, 0.3) is 10.9 Å². The lowest BCUT2D eigenvalue weighted by Crippen LogP contribution is -2.24. The summed E-state index contributed by atoms with van der Waals surface area (Å²) < 4.78 is 40.0. The molecule has 0 bridgehead atoms. The molecule has 0 aliphatic heterocycles. The molecule has 0 saturated heterocycles. The number of carbonyl (C=O) groups is 2. The van der Waals surface area contributed by atoms with Crippen LogP contribution in [0.2, 0.25) is 0 Å². The Morgan fingerprint density at radius 1 is 1.19 bits per heavy atom. The Morgan fingerprint density at radius 3 is 2.47 bits per heavy atom. The minimum absolute atomic E-state index is 0.0488. The van der Waals surface area contributed by atoms with Gasteiger partial charge in [0.05, 0.1) is 30.2 Å². The van der Waals surface area contributed by atoms with Crippen molar-refractivity contribution in [3.05, 3.63) is 69.5 Å². The maximum atomic E-state index is 14.3. The highest BCUT2D eigenvalue weighted by Crippen LogP contribution is 2.40.